The molecule has 0 fully saturated rings. The molecule has 6 heteroatoms. The van der Waals surface area contributed by atoms with Crippen LogP contribution in [0.4, 0.5) is 0 Å². The van der Waals surface area contributed by atoms with E-state index in [0.29, 0.717) is 5.75 Å². The van der Waals surface area contributed by atoms with E-state index in [2.05, 4.69) is 60.6 Å². The number of hydrogen-bond donors (Lipinski definition) is 1. The van der Waals surface area contributed by atoms with Gasteiger partial charge in [0.1, 0.15) is 5.51 Å². The highest BCUT2D eigenvalue weighted by molar-refractivity contribution is 8.01. The summed E-state index contributed by atoms with van der Waals surface area (Å²) < 4.78 is 0.826. The maximum Gasteiger partial charge on any atom is 0.230 e. The average molecular weight is 335 g/mol. The van der Waals surface area contributed by atoms with Gasteiger partial charge < -0.3 is 5.32 Å². The predicted octanol–water partition coefficient (Wildman–Crippen LogP) is 3.50. The topological polar surface area (TPSA) is 54.9 Å². The zero-order valence-electron chi connectivity index (χ0n) is 13.1. The molecule has 1 amide bonds. The molecule has 0 radical (unpaired) electrons. The van der Waals surface area contributed by atoms with Crippen molar-refractivity contribution in [1.82, 2.24) is 15.5 Å². The first kappa shape index (κ1) is 17.0. The largest absolute Gasteiger partial charge is 0.353 e. The molecule has 0 saturated carbocycles. The lowest BCUT2D eigenvalue weighted by Crippen LogP contribution is -2.38. The van der Waals surface area contributed by atoms with E-state index in [9.17, 15) is 4.79 Å². The minimum Gasteiger partial charge on any atom is -0.353 e. The summed E-state index contributed by atoms with van der Waals surface area (Å²) in [5.74, 6) is 0.419. The Morgan fingerprint density at radius 1 is 1.36 bits per heavy atom. The Labute approximate surface area is 139 Å². The van der Waals surface area contributed by atoms with E-state index in [1.165, 1.54) is 28.7 Å². The molecule has 1 heterocycles. The van der Waals surface area contributed by atoms with E-state index >= 15 is 0 Å². The molecule has 118 valence electrons. The number of benzene rings is 1. The fraction of sp³-hybridized carbons (Fsp3) is 0.438. The Hall–Kier alpha value is -1.40. The molecule has 0 spiro atoms. The van der Waals surface area contributed by atoms with E-state index in [-0.39, 0.29) is 17.4 Å². The molecule has 1 N–H and O–H groups in total. The third-order valence-corrected chi connectivity index (χ3v) is 5.31. The highest BCUT2D eigenvalue weighted by atomic mass is 32.2. The van der Waals surface area contributed by atoms with Crippen molar-refractivity contribution in [2.24, 2.45) is 0 Å². The summed E-state index contributed by atoms with van der Waals surface area (Å²) in [7, 11) is 0. The molecule has 0 saturated heterocycles. The Morgan fingerprint density at radius 2 is 2.09 bits per heavy atom. The van der Waals surface area contributed by atoms with Crippen molar-refractivity contribution in [3.63, 3.8) is 0 Å². The Morgan fingerprint density at radius 3 is 2.73 bits per heavy atom. The number of amides is 1. The van der Waals surface area contributed by atoms with Crippen LogP contribution in [-0.2, 0) is 10.2 Å². The fourth-order valence-electron chi connectivity index (χ4n) is 2.49. The Bertz CT molecular complexity index is 585. The lowest BCUT2D eigenvalue weighted by Gasteiger charge is -2.29. The van der Waals surface area contributed by atoms with Crippen LogP contribution in [0.3, 0.4) is 0 Å². The SMILES string of the molecule is C[C@@H](CC(C)(C)c1ccccc1)NC(=O)CSc1nncs1. The molecule has 2 rings (SSSR count). The van der Waals surface area contributed by atoms with Gasteiger partial charge in [0.15, 0.2) is 4.34 Å². The van der Waals surface area contributed by atoms with E-state index in [0.717, 1.165) is 10.8 Å². The number of nitrogens with one attached hydrogen (secondary N) is 1. The van der Waals surface area contributed by atoms with Crippen LogP contribution < -0.4 is 5.32 Å². The smallest absolute Gasteiger partial charge is 0.230 e. The lowest BCUT2D eigenvalue weighted by molar-refractivity contribution is -0.119. The molecule has 0 aliphatic rings. The molecule has 0 aliphatic heterocycles. The number of carbonyl (C=O) groups is 1. The van der Waals surface area contributed by atoms with Crippen LogP contribution in [0.15, 0.2) is 40.2 Å². The van der Waals surface area contributed by atoms with Gasteiger partial charge in [-0.1, -0.05) is 67.3 Å². The average Bonchev–Trinajstić information content (AvgIpc) is 2.98. The zero-order chi connectivity index (χ0) is 16.0. The summed E-state index contributed by atoms with van der Waals surface area (Å²) in [6, 6.07) is 10.5. The molecule has 0 bridgehead atoms. The van der Waals surface area contributed by atoms with Crippen molar-refractivity contribution in [2.75, 3.05) is 5.75 Å². The van der Waals surface area contributed by atoms with Crippen molar-refractivity contribution < 1.29 is 4.79 Å². The number of carbonyl (C=O) groups excluding carboxylic acids is 1. The molecular weight excluding hydrogens is 314 g/mol. The normalized spacial score (nSPS) is 12.9. The van der Waals surface area contributed by atoms with Gasteiger partial charge in [-0.3, -0.25) is 4.79 Å². The minimum atomic E-state index is 0.0281. The highest BCUT2D eigenvalue weighted by Gasteiger charge is 2.24. The molecule has 1 aromatic heterocycles. The van der Waals surface area contributed by atoms with Crippen LogP contribution in [0.25, 0.3) is 0 Å². The zero-order valence-corrected chi connectivity index (χ0v) is 14.7. The van der Waals surface area contributed by atoms with Gasteiger partial charge >= 0.3 is 0 Å². The molecule has 22 heavy (non-hydrogen) atoms. The summed E-state index contributed by atoms with van der Waals surface area (Å²) in [5.41, 5.74) is 2.99. The lowest BCUT2D eigenvalue weighted by atomic mass is 9.79. The van der Waals surface area contributed by atoms with E-state index in [1.54, 1.807) is 5.51 Å². The second kappa shape index (κ2) is 7.74. The van der Waals surface area contributed by atoms with Crippen LogP contribution in [-0.4, -0.2) is 27.9 Å². The molecule has 1 aromatic carbocycles. The van der Waals surface area contributed by atoms with Gasteiger partial charge in [-0.15, -0.1) is 10.2 Å². The molecule has 2 aromatic rings. The van der Waals surface area contributed by atoms with Crippen molar-refractivity contribution in [3.8, 4) is 0 Å². The van der Waals surface area contributed by atoms with E-state index in [1.807, 2.05) is 6.07 Å². The number of nitrogens with zero attached hydrogens (tertiary/aromatic N) is 2. The van der Waals surface area contributed by atoms with Crippen molar-refractivity contribution in [1.29, 1.82) is 0 Å². The summed E-state index contributed by atoms with van der Waals surface area (Å²) in [6.45, 7) is 6.47. The van der Waals surface area contributed by atoms with Crippen molar-refractivity contribution in [3.05, 3.63) is 41.4 Å². The predicted molar refractivity (Wildman–Crippen MR) is 92.3 cm³/mol. The van der Waals surface area contributed by atoms with E-state index in [4.69, 9.17) is 0 Å². The van der Waals surface area contributed by atoms with Gasteiger partial charge in [-0.25, -0.2) is 0 Å². The second-order valence-corrected chi connectivity index (χ2v) is 7.97. The second-order valence-electron chi connectivity index (χ2n) is 5.92. The number of thioether (sulfide) groups is 1. The van der Waals surface area contributed by atoms with Crippen molar-refractivity contribution >= 4 is 29.0 Å². The molecule has 0 aliphatic carbocycles. The minimum absolute atomic E-state index is 0.0281. The number of aromatic nitrogens is 2. The van der Waals surface area contributed by atoms with Gasteiger partial charge in [-0.05, 0) is 24.3 Å². The van der Waals surface area contributed by atoms with Crippen LogP contribution in [0.5, 0.6) is 0 Å². The number of rotatable bonds is 7. The van der Waals surface area contributed by atoms with Gasteiger partial charge in [0.25, 0.3) is 0 Å². The summed E-state index contributed by atoms with van der Waals surface area (Å²) in [5, 5.41) is 10.7. The molecule has 0 unspecified atom stereocenters. The molecular formula is C16H21N3OS2. The first-order valence-electron chi connectivity index (χ1n) is 7.21. The maximum absolute atomic E-state index is 12.0. The van der Waals surface area contributed by atoms with Crippen LogP contribution in [0.1, 0.15) is 32.8 Å². The van der Waals surface area contributed by atoms with E-state index < -0.39 is 0 Å². The van der Waals surface area contributed by atoms with Crippen LogP contribution in [0.2, 0.25) is 0 Å². The molecule has 1 atom stereocenters. The van der Waals surface area contributed by atoms with Crippen LogP contribution in [0, 0.1) is 0 Å². The van der Waals surface area contributed by atoms with Crippen LogP contribution >= 0.6 is 23.1 Å². The first-order valence-corrected chi connectivity index (χ1v) is 9.08. The van der Waals surface area contributed by atoms with Gasteiger partial charge in [-0.2, -0.15) is 0 Å². The van der Waals surface area contributed by atoms with Crippen molar-refractivity contribution in [2.45, 2.75) is 43.0 Å². The summed E-state index contributed by atoms with van der Waals surface area (Å²) in [4.78, 5) is 12.0. The molecule has 4 nitrogen and oxygen atoms in total. The van der Waals surface area contributed by atoms with Gasteiger partial charge in [0, 0.05) is 6.04 Å². The number of hydrogen-bond acceptors (Lipinski definition) is 5. The summed E-state index contributed by atoms with van der Waals surface area (Å²) in [6.07, 6.45) is 0.895. The maximum atomic E-state index is 12.0. The van der Waals surface area contributed by atoms with Gasteiger partial charge in [0.2, 0.25) is 5.91 Å². The first-order chi connectivity index (χ1) is 10.5. The standard InChI is InChI=1S/C16H21N3OS2/c1-12(9-16(2,3)13-7-5-4-6-8-13)18-14(20)10-21-15-19-17-11-22-15/h4-8,11-12H,9-10H2,1-3H3,(H,18,20)/t12-/m0/s1. The fourth-order valence-corrected chi connectivity index (χ4v) is 3.79. The third-order valence-electron chi connectivity index (χ3n) is 3.45. The quantitative estimate of drug-likeness (QED) is 0.787. The summed E-state index contributed by atoms with van der Waals surface area (Å²) >= 11 is 2.88. The monoisotopic (exact) mass is 335 g/mol. The highest BCUT2D eigenvalue weighted by Crippen LogP contribution is 2.28. The van der Waals surface area contributed by atoms with Gasteiger partial charge in [0.05, 0.1) is 5.75 Å². The Balaban J connectivity index is 1.81. The third kappa shape index (κ3) is 5.10. The Kier molecular flexibility index (Phi) is 5.97.